The van der Waals surface area contributed by atoms with E-state index in [9.17, 15) is 0 Å². The van der Waals surface area contributed by atoms with E-state index in [1.807, 2.05) is 6.07 Å². The van der Waals surface area contributed by atoms with Crippen LogP contribution in [0.5, 0.6) is 23.0 Å². The molecule has 0 aliphatic carbocycles. The molecule has 0 aromatic heterocycles. The van der Waals surface area contributed by atoms with Crippen LogP contribution in [0.2, 0.25) is 0 Å². The first kappa shape index (κ1) is 20.5. The van der Waals surface area contributed by atoms with Crippen molar-refractivity contribution in [3.63, 3.8) is 0 Å². The monoisotopic (exact) mass is 470 g/mol. The van der Waals surface area contributed by atoms with E-state index in [0.29, 0.717) is 0 Å². The molecule has 0 radical (unpaired) electrons. The summed E-state index contributed by atoms with van der Waals surface area (Å²) in [5, 5.41) is 3.66. The molecule has 0 N–H and O–H groups in total. The number of benzene rings is 5. The normalized spacial score (nSPS) is 13.2. The Morgan fingerprint density at radius 3 is 1.46 bits per heavy atom. The predicted octanol–water partition coefficient (Wildman–Crippen LogP) is 7.61. The Morgan fingerprint density at radius 1 is 0.486 bits per heavy atom. The maximum atomic E-state index is 6.49. The van der Waals surface area contributed by atoms with E-state index >= 15 is 0 Å². The van der Waals surface area contributed by atoms with Gasteiger partial charge in [0.2, 0.25) is 0 Å². The lowest BCUT2D eigenvalue weighted by atomic mass is 10.0. The number of fused-ring (bicyclic) bond motifs is 4. The zero-order chi connectivity index (χ0) is 23.5. The minimum absolute atomic E-state index is 0.779. The molecule has 0 atom stereocenters. The molecule has 5 aromatic rings. The largest absolute Gasteiger partial charge is 0.456 e. The quantitative estimate of drug-likeness (QED) is 0.242. The van der Waals surface area contributed by atoms with Crippen LogP contribution in [0, 0.1) is 13.8 Å². The van der Waals surface area contributed by atoms with Crippen molar-refractivity contribution in [1.29, 1.82) is 0 Å². The van der Waals surface area contributed by atoms with Crippen molar-refractivity contribution in [2.45, 2.75) is 13.8 Å². The summed E-state index contributed by atoms with van der Waals surface area (Å²) in [6.07, 6.45) is 0. The van der Waals surface area contributed by atoms with Gasteiger partial charge in [0.05, 0.1) is 5.30 Å². The topological polar surface area (TPSA) is 18.5 Å². The summed E-state index contributed by atoms with van der Waals surface area (Å²) in [5.74, 6) is 3.68. The molecule has 0 fully saturated rings. The number of hydrogen-bond acceptors (Lipinski definition) is 2. The summed E-state index contributed by atoms with van der Waals surface area (Å²) < 4.78 is 13.0. The molecule has 35 heavy (non-hydrogen) atoms. The van der Waals surface area contributed by atoms with E-state index < -0.39 is 7.92 Å². The highest BCUT2D eigenvalue weighted by molar-refractivity contribution is 7.80. The van der Waals surface area contributed by atoms with Crippen LogP contribution in [0.1, 0.15) is 11.1 Å². The van der Waals surface area contributed by atoms with Gasteiger partial charge in [-0.3, -0.25) is 0 Å². The summed E-state index contributed by atoms with van der Waals surface area (Å²) >= 11 is 0. The van der Waals surface area contributed by atoms with E-state index in [2.05, 4.69) is 111 Å². The highest BCUT2D eigenvalue weighted by atomic mass is 31.1. The summed E-state index contributed by atoms with van der Waals surface area (Å²) in [6.45, 7) is 4.31. The first-order valence-electron chi connectivity index (χ1n) is 11.9. The van der Waals surface area contributed by atoms with Gasteiger partial charge in [0.1, 0.15) is 23.0 Å². The number of hydrogen-bond donors (Lipinski definition) is 0. The molecule has 5 aromatic carbocycles. The minimum atomic E-state index is -0.779. The standard InChI is InChI=1S/C32H23O2P/c1-20-8-3-5-10-24(20)22-14-16-30-28(18-22)33-26-12-7-13-27-32(26)35(30)31-17-15-23(19-29(31)34-27)25-11-6-4-9-21(25)2/h3-19H,1-2H3. The average Bonchev–Trinajstić information content (AvgIpc) is 2.88. The van der Waals surface area contributed by atoms with Crippen molar-refractivity contribution in [1.82, 2.24) is 0 Å². The molecule has 168 valence electrons. The molecule has 0 amide bonds. The molecule has 0 bridgehead atoms. The van der Waals surface area contributed by atoms with Crippen molar-refractivity contribution in [2.75, 3.05) is 0 Å². The Kier molecular flexibility index (Phi) is 4.59. The van der Waals surface area contributed by atoms with Gasteiger partial charge in [0.15, 0.2) is 0 Å². The fraction of sp³-hybridized carbons (Fsp3) is 0.0625. The molecule has 2 aliphatic heterocycles. The van der Waals surface area contributed by atoms with E-state index in [0.717, 1.165) is 23.0 Å². The zero-order valence-electron chi connectivity index (χ0n) is 19.6. The van der Waals surface area contributed by atoms with Crippen molar-refractivity contribution in [3.8, 4) is 45.3 Å². The van der Waals surface area contributed by atoms with E-state index in [1.165, 1.54) is 49.3 Å². The van der Waals surface area contributed by atoms with Crippen LogP contribution >= 0.6 is 7.92 Å². The third-order valence-corrected chi connectivity index (χ3v) is 9.53. The van der Waals surface area contributed by atoms with Gasteiger partial charge in [-0.2, -0.15) is 0 Å². The Labute approximate surface area is 206 Å². The lowest BCUT2D eigenvalue weighted by molar-refractivity contribution is 0.467. The SMILES string of the molecule is Cc1ccccc1-c1ccc2c(c1)Oc1cccc3c1P2c1ccc(-c2ccccc2C)cc1O3. The molecule has 7 rings (SSSR count). The van der Waals surface area contributed by atoms with Crippen LogP contribution in [0.25, 0.3) is 22.3 Å². The van der Waals surface area contributed by atoms with E-state index in [4.69, 9.17) is 9.47 Å². The van der Waals surface area contributed by atoms with Crippen molar-refractivity contribution in [2.24, 2.45) is 0 Å². The van der Waals surface area contributed by atoms with Gasteiger partial charge in [-0.25, -0.2) is 0 Å². The number of aryl methyl sites for hydroxylation is 2. The maximum absolute atomic E-state index is 6.49. The van der Waals surface area contributed by atoms with Crippen molar-refractivity contribution in [3.05, 3.63) is 114 Å². The molecule has 0 unspecified atom stereocenters. The maximum Gasteiger partial charge on any atom is 0.139 e. The molecular formula is C32H23O2P. The van der Waals surface area contributed by atoms with Crippen LogP contribution in [-0.4, -0.2) is 0 Å². The summed E-state index contributed by atoms with van der Waals surface area (Å²) in [7, 11) is -0.779. The number of ether oxygens (including phenoxy) is 2. The van der Waals surface area contributed by atoms with Crippen molar-refractivity contribution < 1.29 is 9.47 Å². The molecule has 0 spiro atoms. The Balaban J connectivity index is 1.40. The molecule has 0 saturated heterocycles. The predicted molar refractivity (Wildman–Crippen MR) is 146 cm³/mol. The van der Waals surface area contributed by atoms with Gasteiger partial charge < -0.3 is 9.47 Å². The van der Waals surface area contributed by atoms with Crippen LogP contribution in [-0.2, 0) is 0 Å². The Bertz CT molecular complexity index is 1520. The molecule has 3 heteroatoms. The summed E-state index contributed by atoms with van der Waals surface area (Å²) in [6, 6.07) is 36.5. The second-order valence-electron chi connectivity index (χ2n) is 9.14. The summed E-state index contributed by atoms with van der Waals surface area (Å²) in [4.78, 5) is 0. The van der Waals surface area contributed by atoms with E-state index in [1.54, 1.807) is 0 Å². The van der Waals surface area contributed by atoms with Gasteiger partial charge in [-0.05, 0) is 83.6 Å². The van der Waals surface area contributed by atoms with Crippen LogP contribution < -0.4 is 25.4 Å². The third kappa shape index (κ3) is 3.21. The Hall–Kier alpha value is -3.87. The number of rotatable bonds is 2. The summed E-state index contributed by atoms with van der Waals surface area (Å²) in [5.41, 5.74) is 7.36. The highest BCUT2D eigenvalue weighted by Crippen LogP contribution is 2.53. The Morgan fingerprint density at radius 2 is 0.971 bits per heavy atom. The zero-order valence-corrected chi connectivity index (χ0v) is 20.5. The van der Waals surface area contributed by atoms with Gasteiger partial charge in [0.25, 0.3) is 0 Å². The molecular weight excluding hydrogens is 447 g/mol. The molecule has 2 aliphatic rings. The van der Waals surface area contributed by atoms with Gasteiger partial charge in [0, 0.05) is 18.5 Å². The fourth-order valence-corrected chi connectivity index (χ4v) is 7.72. The lowest BCUT2D eigenvalue weighted by Crippen LogP contribution is -2.31. The molecule has 2 heterocycles. The van der Waals surface area contributed by atoms with E-state index in [-0.39, 0.29) is 0 Å². The molecule has 2 nitrogen and oxygen atoms in total. The first-order chi connectivity index (χ1) is 17.2. The fourth-order valence-electron chi connectivity index (χ4n) is 5.18. The van der Waals surface area contributed by atoms with Crippen LogP contribution in [0.15, 0.2) is 103 Å². The van der Waals surface area contributed by atoms with Crippen molar-refractivity contribution >= 4 is 23.8 Å². The first-order valence-corrected chi connectivity index (χ1v) is 13.2. The minimum Gasteiger partial charge on any atom is -0.456 e. The van der Waals surface area contributed by atoms with Gasteiger partial charge in [-0.15, -0.1) is 0 Å². The molecule has 0 saturated carbocycles. The average molecular weight is 471 g/mol. The van der Waals surface area contributed by atoms with Crippen LogP contribution in [0.4, 0.5) is 0 Å². The lowest BCUT2D eigenvalue weighted by Gasteiger charge is -2.35. The van der Waals surface area contributed by atoms with Crippen LogP contribution in [0.3, 0.4) is 0 Å². The second kappa shape index (κ2) is 7.83. The van der Waals surface area contributed by atoms with Gasteiger partial charge in [-0.1, -0.05) is 66.7 Å². The van der Waals surface area contributed by atoms with Gasteiger partial charge >= 0.3 is 0 Å². The smallest absolute Gasteiger partial charge is 0.139 e. The third-order valence-electron chi connectivity index (χ3n) is 6.94. The second-order valence-corrected chi connectivity index (χ2v) is 11.2. The highest BCUT2D eigenvalue weighted by Gasteiger charge is 2.37.